The van der Waals surface area contributed by atoms with E-state index in [0.717, 1.165) is 18.5 Å². The van der Waals surface area contributed by atoms with E-state index in [0.29, 0.717) is 12.1 Å². The molecule has 1 aliphatic heterocycles. The van der Waals surface area contributed by atoms with Crippen molar-refractivity contribution < 1.29 is 9.90 Å². The van der Waals surface area contributed by atoms with Gasteiger partial charge in [0, 0.05) is 12.7 Å². The van der Waals surface area contributed by atoms with Gasteiger partial charge in [-0.25, -0.2) is 4.68 Å². The fraction of sp³-hybridized carbons (Fsp3) is 0.333. The Morgan fingerprint density at radius 2 is 2.15 bits per heavy atom. The fourth-order valence-corrected chi connectivity index (χ4v) is 2.61. The molecule has 0 saturated carbocycles. The van der Waals surface area contributed by atoms with E-state index >= 15 is 0 Å². The lowest BCUT2D eigenvalue weighted by atomic mass is 10.2. The number of amides is 1. The summed E-state index contributed by atoms with van der Waals surface area (Å²) in [6.45, 7) is 0.735. The van der Waals surface area contributed by atoms with Gasteiger partial charge in [0.2, 0.25) is 0 Å². The Hall–Kier alpha value is -2.14. The monoisotopic (exact) mass is 271 g/mol. The predicted octanol–water partition coefficient (Wildman–Crippen LogP) is 1.47. The van der Waals surface area contributed by atoms with Crippen LogP contribution in [0.4, 0.5) is 0 Å². The number of likely N-dealkylation sites (tertiary alicyclic amines) is 1. The summed E-state index contributed by atoms with van der Waals surface area (Å²) in [7, 11) is 0. The summed E-state index contributed by atoms with van der Waals surface area (Å²) in [5.74, 6) is -0.0521. The van der Waals surface area contributed by atoms with Crippen molar-refractivity contribution in [2.45, 2.75) is 18.9 Å². The molecule has 5 heteroatoms. The number of nitrogens with zero attached hydrogens (tertiary/aromatic N) is 3. The van der Waals surface area contributed by atoms with E-state index in [9.17, 15) is 9.90 Å². The highest BCUT2D eigenvalue weighted by molar-refractivity contribution is 5.94. The Balaban J connectivity index is 1.82. The summed E-state index contributed by atoms with van der Waals surface area (Å²) in [6.07, 6.45) is 5.14. The maximum absolute atomic E-state index is 12.4. The van der Waals surface area contributed by atoms with Crippen LogP contribution in [0.2, 0.25) is 0 Å². The standard InChI is InChI=1S/C15H17N3O2/c19-11-14-7-4-8-17(14)15(20)12-9-16-18(10-12)13-5-2-1-3-6-13/h1-3,5-6,9-10,14,19H,4,7-8,11H2/t14-/m1/s1. The third-order valence-electron chi connectivity index (χ3n) is 3.70. The second-order valence-electron chi connectivity index (χ2n) is 4.99. The smallest absolute Gasteiger partial charge is 0.257 e. The quantitative estimate of drug-likeness (QED) is 0.919. The molecule has 1 saturated heterocycles. The van der Waals surface area contributed by atoms with Crippen LogP contribution in [0.5, 0.6) is 0 Å². The minimum Gasteiger partial charge on any atom is -0.394 e. The maximum atomic E-state index is 12.4. The van der Waals surface area contributed by atoms with Crippen molar-refractivity contribution in [1.82, 2.24) is 14.7 Å². The van der Waals surface area contributed by atoms with Crippen molar-refractivity contribution in [2.75, 3.05) is 13.2 Å². The van der Waals surface area contributed by atoms with Crippen LogP contribution in [0, 0.1) is 0 Å². The van der Waals surface area contributed by atoms with E-state index in [1.807, 2.05) is 30.3 Å². The minimum atomic E-state index is -0.0532. The summed E-state index contributed by atoms with van der Waals surface area (Å²) in [5, 5.41) is 13.5. The first-order valence-corrected chi connectivity index (χ1v) is 6.81. The molecule has 0 aliphatic carbocycles. The van der Waals surface area contributed by atoms with Gasteiger partial charge >= 0.3 is 0 Å². The first-order chi connectivity index (χ1) is 9.79. The topological polar surface area (TPSA) is 58.4 Å². The third-order valence-corrected chi connectivity index (χ3v) is 3.70. The Bertz CT molecular complexity index is 594. The molecule has 0 spiro atoms. The highest BCUT2D eigenvalue weighted by atomic mass is 16.3. The van der Waals surface area contributed by atoms with Gasteiger partial charge in [0.05, 0.1) is 30.1 Å². The predicted molar refractivity (Wildman–Crippen MR) is 74.7 cm³/mol. The van der Waals surface area contributed by atoms with Crippen LogP contribution in [0.3, 0.4) is 0 Å². The van der Waals surface area contributed by atoms with E-state index in [2.05, 4.69) is 5.10 Å². The second-order valence-corrected chi connectivity index (χ2v) is 4.99. The Labute approximate surface area is 117 Å². The van der Waals surface area contributed by atoms with Crippen molar-refractivity contribution in [1.29, 1.82) is 0 Å². The van der Waals surface area contributed by atoms with Gasteiger partial charge in [0.25, 0.3) is 5.91 Å². The van der Waals surface area contributed by atoms with Gasteiger partial charge in [-0.15, -0.1) is 0 Å². The lowest BCUT2D eigenvalue weighted by Crippen LogP contribution is -2.37. The molecule has 0 unspecified atom stereocenters. The zero-order valence-corrected chi connectivity index (χ0v) is 11.1. The molecule has 2 heterocycles. The number of aliphatic hydroxyl groups excluding tert-OH is 1. The summed E-state index contributed by atoms with van der Waals surface area (Å²) in [4.78, 5) is 14.2. The van der Waals surface area contributed by atoms with Gasteiger partial charge in [-0.05, 0) is 25.0 Å². The van der Waals surface area contributed by atoms with Gasteiger partial charge in [-0.3, -0.25) is 4.79 Å². The largest absolute Gasteiger partial charge is 0.394 e. The zero-order valence-electron chi connectivity index (χ0n) is 11.1. The second kappa shape index (κ2) is 5.46. The molecule has 5 nitrogen and oxygen atoms in total. The number of aliphatic hydroxyl groups is 1. The van der Waals surface area contributed by atoms with Crippen LogP contribution in [-0.4, -0.2) is 44.9 Å². The molecule has 1 aliphatic rings. The first kappa shape index (κ1) is 12.9. The number of para-hydroxylation sites is 1. The highest BCUT2D eigenvalue weighted by Crippen LogP contribution is 2.20. The average Bonchev–Trinajstić information content (AvgIpc) is 3.16. The SMILES string of the molecule is O=C(c1cnn(-c2ccccc2)c1)N1CCC[C@@H]1CO. The van der Waals surface area contributed by atoms with Gasteiger partial charge in [-0.1, -0.05) is 18.2 Å². The highest BCUT2D eigenvalue weighted by Gasteiger charge is 2.29. The van der Waals surface area contributed by atoms with E-state index in [1.54, 1.807) is 22.0 Å². The van der Waals surface area contributed by atoms with E-state index in [4.69, 9.17) is 0 Å². The van der Waals surface area contributed by atoms with Crippen LogP contribution in [0.1, 0.15) is 23.2 Å². The van der Waals surface area contributed by atoms with Crippen molar-refractivity contribution in [2.24, 2.45) is 0 Å². The van der Waals surface area contributed by atoms with Crippen LogP contribution >= 0.6 is 0 Å². The molecule has 1 amide bonds. The molecular formula is C15H17N3O2. The maximum Gasteiger partial charge on any atom is 0.257 e. The number of aromatic nitrogens is 2. The zero-order chi connectivity index (χ0) is 13.9. The molecule has 0 radical (unpaired) electrons. The number of hydrogen-bond donors (Lipinski definition) is 1. The Morgan fingerprint density at radius 3 is 2.90 bits per heavy atom. The summed E-state index contributed by atoms with van der Waals surface area (Å²) >= 11 is 0. The van der Waals surface area contributed by atoms with E-state index in [-0.39, 0.29) is 18.6 Å². The number of benzene rings is 1. The van der Waals surface area contributed by atoms with Crippen molar-refractivity contribution in [3.05, 3.63) is 48.3 Å². The van der Waals surface area contributed by atoms with Crippen LogP contribution < -0.4 is 0 Å². The van der Waals surface area contributed by atoms with Gasteiger partial charge < -0.3 is 10.0 Å². The van der Waals surface area contributed by atoms with E-state index in [1.165, 1.54) is 0 Å². The van der Waals surface area contributed by atoms with Crippen molar-refractivity contribution >= 4 is 5.91 Å². The number of rotatable bonds is 3. The molecule has 2 aromatic rings. The molecule has 1 aromatic carbocycles. The van der Waals surface area contributed by atoms with Crippen molar-refractivity contribution in [3.63, 3.8) is 0 Å². The summed E-state index contributed by atoms with van der Waals surface area (Å²) in [6, 6.07) is 9.63. The number of hydrogen-bond acceptors (Lipinski definition) is 3. The summed E-state index contributed by atoms with van der Waals surface area (Å²) < 4.78 is 1.69. The third kappa shape index (κ3) is 2.32. The van der Waals surface area contributed by atoms with Gasteiger partial charge in [0.15, 0.2) is 0 Å². The van der Waals surface area contributed by atoms with Crippen LogP contribution in [-0.2, 0) is 0 Å². The van der Waals surface area contributed by atoms with Gasteiger partial charge in [-0.2, -0.15) is 5.10 Å². The molecule has 0 bridgehead atoms. The molecule has 1 atom stereocenters. The molecular weight excluding hydrogens is 254 g/mol. The number of carbonyl (C=O) groups is 1. The molecule has 104 valence electrons. The average molecular weight is 271 g/mol. The summed E-state index contributed by atoms with van der Waals surface area (Å²) in [5.41, 5.74) is 1.49. The number of carbonyl (C=O) groups excluding carboxylic acids is 1. The molecule has 20 heavy (non-hydrogen) atoms. The van der Waals surface area contributed by atoms with Crippen LogP contribution in [0.25, 0.3) is 5.69 Å². The minimum absolute atomic E-state index is 0.0264. The molecule has 3 rings (SSSR count). The lowest BCUT2D eigenvalue weighted by molar-refractivity contribution is 0.0677. The lowest BCUT2D eigenvalue weighted by Gasteiger charge is -2.22. The fourth-order valence-electron chi connectivity index (χ4n) is 2.61. The first-order valence-electron chi connectivity index (χ1n) is 6.81. The Morgan fingerprint density at radius 1 is 1.35 bits per heavy atom. The molecule has 1 aromatic heterocycles. The normalized spacial score (nSPS) is 18.4. The van der Waals surface area contributed by atoms with Crippen LogP contribution in [0.15, 0.2) is 42.7 Å². The van der Waals surface area contributed by atoms with E-state index < -0.39 is 0 Å². The van der Waals surface area contributed by atoms with Gasteiger partial charge in [0.1, 0.15) is 0 Å². The van der Waals surface area contributed by atoms with Crippen molar-refractivity contribution in [3.8, 4) is 5.69 Å². The Kier molecular flexibility index (Phi) is 3.52. The molecule has 1 N–H and O–H groups in total. The molecule has 1 fully saturated rings.